The summed E-state index contributed by atoms with van der Waals surface area (Å²) in [5.41, 5.74) is 8.20. The molecule has 0 aliphatic heterocycles. The van der Waals surface area contributed by atoms with Gasteiger partial charge in [0.05, 0.1) is 5.56 Å². The van der Waals surface area contributed by atoms with Crippen LogP contribution in [0.1, 0.15) is 15.9 Å². The van der Waals surface area contributed by atoms with E-state index in [0.29, 0.717) is 11.6 Å². The van der Waals surface area contributed by atoms with E-state index in [9.17, 15) is 9.59 Å². The third-order valence-corrected chi connectivity index (χ3v) is 4.09. The summed E-state index contributed by atoms with van der Waals surface area (Å²) in [4.78, 5) is 27.7. The van der Waals surface area contributed by atoms with Crippen LogP contribution in [0.25, 0.3) is 0 Å². The van der Waals surface area contributed by atoms with Crippen molar-refractivity contribution >= 4 is 34.9 Å². The topological polar surface area (TPSA) is 75.9 Å². The fourth-order valence-electron chi connectivity index (χ4n) is 2.30. The Labute approximate surface area is 158 Å². The number of benzene rings is 2. The summed E-state index contributed by atoms with van der Waals surface area (Å²) in [6.45, 7) is 0.0698. The number of ether oxygens (including phenoxy) is 1. The van der Waals surface area contributed by atoms with Crippen LogP contribution in [0.2, 0.25) is 5.02 Å². The number of likely N-dealkylation sites (N-methyl/N-ethyl adjacent to an activating group) is 1. The van der Waals surface area contributed by atoms with Gasteiger partial charge in [0.2, 0.25) is 0 Å². The molecule has 0 radical (unpaired) electrons. The first-order chi connectivity index (χ1) is 12.3. The van der Waals surface area contributed by atoms with Crippen molar-refractivity contribution in [1.29, 1.82) is 0 Å². The van der Waals surface area contributed by atoms with Gasteiger partial charge in [0.1, 0.15) is 0 Å². The van der Waals surface area contributed by atoms with Crippen LogP contribution in [-0.2, 0) is 16.1 Å². The number of nitrogen functional groups attached to an aromatic ring is 1. The summed E-state index contributed by atoms with van der Waals surface area (Å²) in [5, 5.41) is 0.426. The lowest BCUT2D eigenvalue weighted by Gasteiger charge is -2.18. The van der Waals surface area contributed by atoms with Crippen LogP contribution in [-0.4, -0.2) is 44.5 Å². The lowest BCUT2D eigenvalue weighted by molar-refractivity contribution is -0.133. The monoisotopic (exact) mass is 375 g/mol. The zero-order valence-electron chi connectivity index (χ0n) is 15.0. The molecule has 2 rings (SSSR count). The van der Waals surface area contributed by atoms with E-state index in [1.54, 1.807) is 13.1 Å². The highest BCUT2D eigenvalue weighted by Crippen LogP contribution is 2.19. The average molecular weight is 376 g/mol. The van der Waals surface area contributed by atoms with Crippen LogP contribution >= 0.6 is 11.6 Å². The Balaban J connectivity index is 1.89. The number of anilines is 2. The van der Waals surface area contributed by atoms with Gasteiger partial charge in [-0.15, -0.1) is 0 Å². The van der Waals surface area contributed by atoms with Crippen molar-refractivity contribution in [1.82, 2.24) is 4.90 Å². The second-order valence-electron chi connectivity index (χ2n) is 6.12. The van der Waals surface area contributed by atoms with Crippen LogP contribution in [0.3, 0.4) is 0 Å². The normalized spacial score (nSPS) is 10.3. The quantitative estimate of drug-likeness (QED) is 0.620. The van der Waals surface area contributed by atoms with Gasteiger partial charge < -0.3 is 20.3 Å². The van der Waals surface area contributed by atoms with Gasteiger partial charge in [-0.2, -0.15) is 0 Å². The van der Waals surface area contributed by atoms with Gasteiger partial charge in [0, 0.05) is 44.1 Å². The predicted molar refractivity (Wildman–Crippen MR) is 103 cm³/mol. The summed E-state index contributed by atoms with van der Waals surface area (Å²) in [6.07, 6.45) is 0. The maximum Gasteiger partial charge on any atom is 0.340 e. The smallest absolute Gasteiger partial charge is 0.340 e. The highest BCUT2D eigenvalue weighted by Gasteiger charge is 2.16. The van der Waals surface area contributed by atoms with Gasteiger partial charge in [-0.3, -0.25) is 4.79 Å². The lowest BCUT2D eigenvalue weighted by atomic mass is 10.2. The highest BCUT2D eigenvalue weighted by molar-refractivity contribution is 6.31. The molecular weight excluding hydrogens is 354 g/mol. The second kappa shape index (κ2) is 8.58. The van der Waals surface area contributed by atoms with Gasteiger partial charge in [-0.25, -0.2) is 4.79 Å². The van der Waals surface area contributed by atoms with Crippen LogP contribution in [0.4, 0.5) is 11.4 Å². The minimum absolute atomic E-state index is 0.184. The molecule has 0 atom stereocenters. The van der Waals surface area contributed by atoms with E-state index in [2.05, 4.69) is 0 Å². The van der Waals surface area contributed by atoms with Crippen molar-refractivity contribution < 1.29 is 14.3 Å². The van der Waals surface area contributed by atoms with Crippen molar-refractivity contribution in [3.05, 3.63) is 58.6 Å². The molecule has 138 valence electrons. The van der Waals surface area contributed by atoms with Crippen molar-refractivity contribution in [3.63, 3.8) is 0 Å². The Kier molecular flexibility index (Phi) is 6.46. The maximum atomic E-state index is 12.2. The number of esters is 1. The van der Waals surface area contributed by atoms with E-state index >= 15 is 0 Å². The molecule has 0 aromatic heterocycles. The number of rotatable bonds is 6. The molecule has 1 amide bonds. The zero-order valence-corrected chi connectivity index (χ0v) is 15.8. The second-order valence-corrected chi connectivity index (χ2v) is 6.55. The standard InChI is InChI=1S/C19H22ClN3O3/c1-22(2)15-7-4-13(5-8-15)11-23(3)18(24)12-26-19(25)16-9-6-14(20)10-17(16)21/h4-10H,11-12,21H2,1-3H3. The van der Waals surface area contributed by atoms with Gasteiger partial charge in [-0.1, -0.05) is 23.7 Å². The average Bonchev–Trinajstić information content (AvgIpc) is 2.59. The fourth-order valence-corrected chi connectivity index (χ4v) is 2.48. The summed E-state index contributed by atoms with van der Waals surface area (Å²) in [7, 11) is 5.59. The Bertz CT molecular complexity index is 791. The SMILES string of the molecule is CN(Cc1ccc(N(C)C)cc1)C(=O)COC(=O)c1ccc(Cl)cc1N. The molecule has 6 nitrogen and oxygen atoms in total. The third-order valence-electron chi connectivity index (χ3n) is 3.86. The van der Waals surface area contributed by atoms with Crippen LogP contribution in [0.15, 0.2) is 42.5 Å². The largest absolute Gasteiger partial charge is 0.452 e. The molecule has 0 saturated carbocycles. The van der Waals surface area contributed by atoms with Gasteiger partial charge in [0.15, 0.2) is 6.61 Å². The molecule has 0 heterocycles. The molecule has 2 aromatic carbocycles. The number of hydrogen-bond donors (Lipinski definition) is 1. The molecule has 0 bridgehead atoms. The van der Waals surface area contributed by atoms with Gasteiger partial charge >= 0.3 is 5.97 Å². The minimum atomic E-state index is -0.656. The number of halogens is 1. The number of amides is 1. The van der Waals surface area contributed by atoms with E-state index in [0.717, 1.165) is 11.3 Å². The Morgan fingerprint density at radius 2 is 1.73 bits per heavy atom. The van der Waals surface area contributed by atoms with Crippen LogP contribution < -0.4 is 10.6 Å². The van der Waals surface area contributed by atoms with Gasteiger partial charge in [0.25, 0.3) is 5.91 Å². The Morgan fingerprint density at radius 1 is 1.08 bits per heavy atom. The number of carbonyl (C=O) groups is 2. The number of nitrogens with zero attached hydrogens (tertiary/aromatic N) is 2. The molecule has 2 N–H and O–H groups in total. The Morgan fingerprint density at radius 3 is 2.31 bits per heavy atom. The van der Waals surface area contributed by atoms with Crippen LogP contribution in [0.5, 0.6) is 0 Å². The Hall–Kier alpha value is -2.73. The molecule has 26 heavy (non-hydrogen) atoms. The first-order valence-electron chi connectivity index (χ1n) is 8.00. The first-order valence-corrected chi connectivity index (χ1v) is 8.38. The van der Waals surface area contributed by atoms with Gasteiger partial charge in [-0.05, 0) is 35.9 Å². The van der Waals surface area contributed by atoms with E-state index in [-0.39, 0.29) is 23.8 Å². The molecule has 0 aliphatic rings. The first kappa shape index (κ1) is 19.6. The highest BCUT2D eigenvalue weighted by atomic mass is 35.5. The van der Waals surface area contributed by atoms with E-state index in [4.69, 9.17) is 22.1 Å². The fraction of sp³-hybridized carbons (Fsp3) is 0.263. The zero-order chi connectivity index (χ0) is 19.3. The van der Waals surface area contributed by atoms with Crippen LogP contribution in [0, 0.1) is 0 Å². The molecule has 0 aliphatic carbocycles. The molecule has 0 fully saturated rings. The molecule has 2 aromatic rings. The van der Waals surface area contributed by atoms with Crippen molar-refractivity contribution in [2.75, 3.05) is 38.4 Å². The lowest BCUT2D eigenvalue weighted by Crippen LogP contribution is -2.31. The van der Waals surface area contributed by atoms with Crippen molar-refractivity contribution in [2.45, 2.75) is 6.54 Å². The summed E-state index contributed by atoms with van der Waals surface area (Å²) in [6, 6.07) is 12.4. The predicted octanol–water partition coefficient (Wildman–Crippen LogP) is 2.80. The summed E-state index contributed by atoms with van der Waals surface area (Å²) >= 11 is 5.80. The number of hydrogen-bond acceptors (Lipinski definition) is 5. The minimum Gasteiger partial charge on any atom is -0.452 e. The molecule has 0 spiro atoms. The molecule has 7 heteroatoms. The van der Waals surface area contributed by atoms with Crippen molar-refractivity contribution in [2.24, 2.45) is 0 Å². The molecule has 0 unspecified atom stereocenters. The molecule has 0 saturated heterocycles. The van der Waals surface area contributed by atoms with E-state index < -0.39 is 5.97 Å². The molecular formula is C19H22ClN3O3. The van der Waals surface area contributed by atoms with E-state index in [1.165, 1.54) is 17.0 Å². The summed E-state index contributed by atoms with van der Waals surface area (Å²) in [5.74, 6) is -0.959. The van der Waals surface area contributed by atoms with E-state index in [1.807, 2.05) is 43.3 Å². The summed E-state index contributed by atoms with van der Waals surface area (Å²) < 4.78 is 5.06. The number of carbonyl (C=O) groups excluding carboxylic acids is 2. The van der Waals surface area contributed by atoms with Crippen molar-refractivity contribution in [3.8, 4) is 0 Å². The maximum absolute atomic E-state index is 12.2. The third kappa shape index (κ3) is 5.13. The number of nitrogens with two attached hydrogens (primary N) is 1.